The number of amides is 2. The molecule has 1 aromatic rings. The smallest absolute Gasteiger partial charge is 0.266 e. The average Bonchev–Trinajstić information content (AvgIpc) is 3.18. The van der Waals surface area contributed by atoms with Gasteiger partial charge in [0.2, 0.25) is 5.91 Å². The zero-order chi connectivity index (χ0) is 16.5. The SMILES string of the molecule is Cc1ncc(C2(C(=O)N(C)[C@H](CC(C)C)C(=O)NO)CC2)s1. The van der Waals surface area contributed by atoms with Crippen LogP contribution in [0.1, 0.15) is 43.0 Å². The zero-order valence-electron chi connectivity index (χ0n) is 13.4. The molecule has 1 saturated carbocycles. The fraction of sp³-hybridized carbons (Fsp3) is 0.667. The van der Waals surface area contributed by atoms with Crippen molar-refractivity contribution in [3.63, 3.8) is 0 Å². The summed E-state index contributed by atoms with van der Waals surface area (Å²) in [7, 11) is 1.64. The van der Waals surface area contributed by atoms with Crippen LogP contribution in [0.3, 0.4) is 0 Å². The van der Waals surface area contributed by atoms with Crippen LogP contribution in [0.5, 0.6) is 0 Å². The van der Waals surface area contributed by atoms with Crippen LogP contribution in [-0.2, 0) is 15.0 Å². The molecule has 122 valence electrons. The van der Waals surface area contributed by atoms with Crippen LogP contribution in [0.2, 0.25) is 0 Å². The van der Waals surface area contributed by atoms with Crippen LogP contribution in [0.25, 0.3) is 0 Å². The second-order valence-corrected chi connectivity index (χ2v) is 7.60. The topological polar surface area (TPSA) is 82.5 Å². The summed E-state index contributed by atoms with van der Waals surface area (Å²) in [5.74, 6) is -0.371. The summed E-state index contributed by atoms with van der Waals surface area (Å²) < 4.78 is 0. The summed E-state index contributed by atoms with van der Waals surface area (Å²) in [4.78, 5) is 31.5. The highest BCUT2D eigenvalue weighted by Gasteiger charge is 2.55. The third-order valence-electron chi connectivity index (χ3n) is 4.15. The van der Waals surface area contributed by atoms with Crippen LogP contribution in [-0.4, -0.2) is 40.0 Å². The first kappa shape index (κ1) is 16.9. The molecule has 1 aliphatic rings. The first-order valence-corrected chi connectivity index (χ1v) is 8.27. The number of nitrogens with one attached hydrogen (secondary N) is 1. The van der Waals surface area contributed by atoms with Gasteiger partial charge in [-0.15, -0.1) is 11.3 Å². The van der Waals surface area contributed by atoms with Crippen LogP contribution >= 0.6 is 11.3 Å². The van der Waals surface area contributed by atoms with E-state index in [9.17, 15) is 9.59 Å². The van der Waals surface area contributed by atoms with Crippen molar-refractivity contribution < 1.29 is 14.8 Å². The number of rotatable bonds is 6. The van der Waals surface area contributed by atoms with E-state index in [-0.39, 0.29) is 11.8 Å². The Balaban J connectivity index is 2.21. The quantitative estimate of drug-likeness (QED) is 0.618. The minimum absolute atomic E-state index is 0.0644. The van der Waals surface area contributed by atoms with Gasteiger partial charge >= 0.3 is 0 Å². The molecule has 0 saturated heterocycles. The van der Waals surface area contributed by atoms with Gasteiger partial charge in [-0.3, -0.25) is 14.8 Å². The number of hydroxylamine groups is 1. The summed E-state index contributed by atoms with van der Waals surface area (Å²) in [6, 6.07) is -0.663. The number of likely N-dealkylation sites (N-methyl/N-ethyl adjacent to an activating group) is 1. The Bertz CT molecular complexity index is 566. The number of carbonyl (C=O) groups is 2. The van der Waals surface area contributed by atoms with E-state index in [4.69, 9.17) is 5.21 Å². The van der Waals surface area contributed by atoms with Crippen molar-refractivity contribution in [2.75, 3.05) is 7.05 Å². The Kier molecular flexibility index (Phi) is 4.87. The van der Waals surface area contributed by atoms with Gasteiger partial charge in [-0.2, -0.15) is 0 Å². The van der Waals surface area contributed by atoms with E-state index in [0.717, 1.165) is 22.7 Å². The maximum Gasteiger partial charge on any atom is 0.266 e. The van der Waals surface area contributed by atoms with Gasteiger partial charge in [0.25, 0.3) is 5.91 Å². The molecular formula is C15H23N3O3S. The lowest BCUT2D eigenvalue weighted by Crippen LogP contribution is -2.50. The van der Waals surface area contributed by atoms with Crippen LogP contribution in [0.4, 0.5) is 0 Å². The molecule has 1 aliphatic carbocycles. The highest BCUT2D eigenvalue weighted by atomic mass is 32.1. The van der Waals surface area contributed by atoms with Gasteiger partial charge in [0, 0.05) is 18.1 Å². The Morgan fingerprint density at radius 2 is 2.14 bits per heavy atom. The van der Waals surface area contributed by atoms with E-state index in [2.05, 4.69) is 4.98 Å². The molecule has 1 atom stereocenters. The highest BCUT2D eigenvalue weighted by molar-refractivity contribution is 7.11. The van der Waals surface area contributed by atoms with Crippen molar-refractivity contribution in [1.82, 2.24) is 15.4 Å². The molecule has 2 amide bonds. The van der Waals surface area contributed by atoms with Crippen molar-refractivity contribution in [2.24, 2.45) is 5.92 Å². The zero-order valence-corrected chi connectivity index (χ0v) is 14.2. The summed E-state index contributed by atoms with van der Waals surface area (Å²) in [6.45, 7) is 5.88. The molecule has 0 spiro atoms. The second kappa shape index (κ2) is 6.34. The monoisotopic (exact) mass is 325 g/mol. The van der Waals surface area contributed by atoms with Gasteiger partial charge in [0.15, 0.2) is 0 Å². The summed E-state index contributed by atoms with van der Waals surface area (Å²) in [5.41, 5.74) is 1.16. The van der Waals surface area contributed by atoms with E-state index >= 15 is 0 Å². The van der Waals surface area contributed by atoms with E-state index in [0.29, 0.717) is 6.42 Å². The molecule has 0 aliphatic heterocycles. The minimum atomic E-state index is -0.663. The van der Waals surface area contributed by atoms with Gasteiger partial charge < -0.3 is 4.90 Å². The van der Waals surface area contributed by atoms with Gasteiger partial charge in [0.1, 0.15) is 6.04 Å². The molecule has 0 radical (unpaired) electrons. The molecule has 0 aromatic carbocycles. The predicted octanol–water partition coefficient (Wildman–Crippen LogP) is 1.86. The Hall–Kier alpha value is -1.47. The molecule has 0 bridgehead atoms. The number of thiazole rings is 1. The van der Waals surface area contributed by atoms with Gasteiger partial charge in [-0.25, -0.2) is 10.5 Å². The number of aromatic nitrogens is 1. The molecule has 6 nitrogen and oxygen atoms in total. The fourth-order valence-corrected chi connectivity index (χ4v) is 3.73. The van der Waals surface area contributed by atoms with Crippen LogP contribution in [0, 0.1) is 12.8 Å². The standard InChI is InChI=1S/C15H23N3O3S/c1-9(2)7-11(13(19)17-21)18(4)14(20)15(5-6-15)12-8-16-10(3)22-12/h8-9,11,21H,5-7H2,1-4H3,(H,17,19)/t11-/m1/s1. The van der Waals surface area contributed by atoms with Gasteiger partial charge in [-0.1, -0.05) is 13.8 Å². The predicted molar refractivity (Wildman–Crippen MR) is 83.7 cm³/mol. The number of nitrogens with zero attached hydrogens (tertiary/aromatic N) is 2. The van der Waals surface area contributed by atoms with Crippen molar-refractivity contribution in [3.05, 3.63) is 16.1 Å². The molecule has 22 heavy (non-hydrogen) atoms. The third-order valence-corrected chi connectivity index (χ3v) is 5.26. The van der Waals surface area contributed by atoms with Crippen molar-refractivity contribution in [1.29, 1.82) is 0 Å². The number of aryl methyl sites for hydroxylation is 1. The lowest BCUT2D eigenvalue weighted by atomic mass is 9.98. The summed E-state index contributed by atoms with van der Waals surface area (Å²) in [6.07, 6.45) is 3.84. The number of hydrogen-bond donors (Lipinski definition) is 2. The first-order valence-electron chi connectivity index (χ1n) is 7.46. The van der Waals surface area contributed by atoms with E-state index < -0.39 is 17.4 Å². The molecular weight excluding hydrogens is 302 g/mol. The Labute approximate surface area is 134 Å². The summed E-state index contributed by atoms with van der Waals surface area (Å²) >= 11 is 1.53. The van der Waals surface area contributed by atoms with Crippen LogP contribution in [0.15, 0.2) is 6.20 Å². The normalized spacial score (nSPS) is 17.2. The maximum atomic E-state index is 12.9. The molecule has 2 rings (SSSR count). The molecule has 2 N–H and O–H groups in total. The average molecular weight is 325 g/mol. The number of carbonyl (C=O) groups excluding carboxylic acids is 2. The van der Waals surface area contributed by atoms with Crippen molar-refractivity contribution in [3.8, 4) is 0 Å². The minimum Gasteiger partial charge on any atom is -0.333 e. The lowest BCUT2D eigenvalue weighted by Gasteiger charge is -2.30. The maximum absolute atomic E-state index is 12.9. The third kappa shape index (κ3) is 3.15. The van der Waals surface area contributed by atoms with Crippen molar-refractivity contribution in [2.45, 2.75) is 51.5 Å². The Morgan fingerprint density at radius 3 is 2.55 bits per heavy atom. The molecule has 1 fully saturated rings. The first-order chi connectivity index (χ1) is 10.3. The Morgan fingerprint density at radius 1 is 1.50 bits per heavy atom. The van der Waals surface area contributed by atoms with E-state index in [1.807, 2.05) is 20.8 Å². The fourth-order valence-electron chi connectivity index (χ4n) is 2.71. The highest BCUT2D eigenvalue weighted by Crippen LogP contribution is 2.51. The summed E-state index contributed by atoms with van der Waals surface area (Å²) in [5, 5.41) is 9.88. The molecule has 7 heteroatoms. The van der Waals surface area contributed by atoms with E-state index in [1.54, 1.807) is 18.7 Å². The van der Waals surface area contributed by atoms with E-state index in [1.165, 1.54) is 16.2 Å². The molecule has 0 unspecified atom stereocenters. The lowest BCUT2D eigenvalue weighted by molar-refractivity contribution is -0.145. The van der Waals surface area contributed by atoms with Crippen molar-refractivity contribution >= 4 is 23.2 Å². The second-order valence-electron chi connectivity index (χ2n) is 6.36. The molecule has 1 heterocycles. The van der Waals surface area contributed by atoms with Gasteiger partial charge in [-0.05, 0) is 32.1 Å². The van der Waals surface area contributed by atoms with Gasteiger partial charge in [0.05, 0.1) is 10.4 Å². The largest absolute Gasteiger partial charge is 0.333 e. The number of hydrogen-bond acceptors (Lipinski definition) is 5. The van der Waals surface area contributed by atoms with Crippen LogP contribution < -0.4 is 5.48 Å². The molecule has 1 aromatic heterocycles.